The van der Waals surface area contributed by atoms with Gasteiger partial charge in [0.25, 0.3) is 0 Å². The molecule has 2 N–H and O–H groups in total. The maximum atomic E-state index is 12.5. The van der Waals surface area contributed by atoms with Gasteiger partial charge in [-0.3, -0.25) is 14.5 Å². The van der Waals surface area contributed by atoms with E-state index in [4.69, 9.17) is 0 Å². The third-order valence-electron chi connectivity index (χ3n) is 6.70. The molecule has 1 aliphatic carbocycles. The molecule has 0 bridgehead atoms. The minimum atomic E-state index is 0. The average molecular weight is 451 g/mol. The molecule has 0 aromatic carbocycles. The topological polar surface area (TPSA) is 64.7 Å². The zero-order valence-electron chi connectivity index (χ0n) is 17.9. The van der Waals surface area contributed by atoms with E-state index in [2.05, 4.69) is 22.5 Å². The van der Waals surface area contributed by atoms with E-state index < -0.39 is 0 Å². The van der Waals surface area contributed by atoms with Gasteiger partial charge in [0.15, 0.2) is 0 Å². The fraction of sp³-hybridized carbons (Fsp3) is 0.905. The van der Waals surface area contributed by atoms with Gasteiger partial charge in [0, 0.05) is 38.6 Å². The number of amides is 2. The monoisotopic (exact) mass is 450 g/mol. The summed E-state index contributed by atoms with van der Waals surface area (Å²) in [6.45, 7) is 8.12. The number of nitrogens with zero attached hydrogens (tertiary/aromatic N) is 2. The molecule has 2 heterocycles. The molecule has 2 saturated heterocycles. The summed E-state index contributed by atoms with van der Waals surface area (Å²) >= 11 is 0. The molecule has 0 aromatic rings. The first kappa shape index (κ1) is 26.5. The third kappa shape index (κ3) is 8.99. The molecule has 0 atom stereocenters. The standard InChI is InChI=1S/C21H38N4O2.2ClH/c1-17-2-5-19(6-3-17)23-20(26)16-24-12-14-25(15-13-24)21(27)7-4-18-8-10-22-11-9-18;;/h17-19,22H,2-16H2,1H3,(H,23,26);2*1H. The lowest BCUT2D eigenvalue weighted by molar-refractivity contribution is -0.133. The van der Waals surface area contributed by atoms with Crippen molar-refractivity contribution in [2.75, 3.05) is 45.8 Å². The summed E-state index contributed by atoms with van der Waals surface area (Å²) < 4.78 is 0. The van der Waals surface area contributed by atoms with E-state index in [1.807, 2.05) is 4.90 Å². The van der Waals surface area contributed by atoms with Crippen molar-refractivity contribution in [2.45, 2.75) is 64.3 Å². The first-order valence-corrected chi connectivity index (χ1v) is 11.1. The van der Waals surface area contributed by atoms with Gasteiger partial charge in [-0.15, -0.1) is 24.8 Å². The minimum Gasteiger partial charge on any atom is -0.352 e. The number of piperidine rings is 1. The van der Waals surface area contributed by atoms with Crippen molar-refractivity contribution >= 4 is 36.6 Å². The van der Waals surface area contributed by atoms with Crippen LogP contribution in [0, 0.1) is 11.8 Å². The molecule has 29 heavy (non-hydrogen) atoms. The van der Waals surface area contributed by atoms with Crippen LogP contribution in [0.25, 0.3) is 0 Å². The van der Waals surface area contributed by atoms with Crippen LogP contribution in [0.4, 0.5) is 0 Å². The van der Waals surface area contributed by atoms with E-state index in [9.17, 15) is 9.59 Å². The van der Waals surface area contributed by atoms with Gasteiger partial charge in [-0.05, 0) is 69.9 Å². The smallest absolute Gasteiger partial charge is 0.234 e. The third-order valence-corrected chi connectivity index (χ3v) is 6.70. The Kier molecular flexibility index (Phi) is 12.5. The quantitative estimate of drug-likeness (QED) is 0.651. The fourth-order valence-corrected chi connectivity index (χ4v) is 4.69. The molecule has 0 spiro atoms. The first-order chi connectivity index (χ1) is 13.1. The van der Waals surface area contributed by atoms with Gasteiger partial charge < -0.3 is 15.5 Å². The second-order valence-corrected chi connectivity index (χ2v) is 8.91. The van der Waals surface area contributed by atoms with Crippen LogP contribution in [0.2, 0.25) is 0 Å². The molecule has 0 radical (unpaired) electrons. The molecule has 0 unspecified atom stereocenters. The molecule has 3 rings (SSSR count). The Bertz CT molecular complexity index is 487. The highest BCUT2D eigenvalue weighted by atomic mass is 35.5. The minimum absolute atomic E-state index is 0. The highest BCUT2D eigenvalue weighted by Gasteiger charge is 2.25. The number of nitrogens with one attached hydrogen (secondary N) is 2. The van der Waals surface area contributed by atoms with E-state index in [-0.39, 0.29) is 30.7 Å². The summed E-state index contributed by atoms with van der Waals surface area (Å²) in [5.74, 6) is 1.97. The molecule has 2 amide bonds. The summed E-state index contributed by atoms with van der Waals surface area (Å²) in [5.41, 5.74) is 0. The number of rotatable bonds is 6. The summed E-state index contributed by atoms with van der Waals surface area (Å²) in [5, 5.41) is 6.59. The summed E-state index contributed by atoms with van der Waals surface area (Å²) in [6, 6.07) is 0.367. The normalized spacial score (nSPS) is 26.2. The van der Waals surface area contributed by atoms with Crippen molar-refractivity contribution < 1.29 is 9.59 Å². The van der Waals surface area contributed by atoms with Crippen LogP contribution in [0.15, 0.2) is 0 Å². The molecule has 8 heteroatoms. The number of halogens is 2. The Balaban J connectivity index is 0.00000210. The number of hydrogen-bond acceptors (Lipinski definition) is 4. The van der Waals surface area contributed by atoms with Gasteiger partial charge in [0.05, 0.1) is 6.54 Å². The second-order valence-electron chi connectivity index (χ2n) is 8.91. The lowest BCUT2D eigenvalue weighted by Crippen LogP contribution is -2.52. The Morgan fingerprint density at radius 1 is 0.931 bits per heavy atom. The summed E-state index contributed by atoms with van der Waals surface area (Å²) in [4.78, 5) is 29.0. The van der Waals surface area contributed by atoms with Crippen LogP contribution in [0.5, 0.6) is 0 Å². The first-order valence-electron chi connectivity index (χ1n) is 11.1. The van der Waals surface area contributed by atoms with Gasteiger partial charge in [-0.2, -0.15) is 0 Å². The Morgan fingerprint density at radius 2 is 1.55 bits per heavy atom. The van der Waals surface area contributed by atoms with E-state index in [1.165, 1.54) is 25.7 Å². The van der Waals surface area contributed by atoms with Crippen molar-refractivity contribution in [3.8, 4) is 0 Å². The van der Waals surface area contributed by atoms with Gasteiger partial charge in [0.2, 0.25) is 11.8 Å². The van der Waals surface area contributed by atoms with Gasteiger partial charge >= 0.3 is 0 Å². The SMILES string of the molecule is CC1CCC(NC(=O)CN2CCN(C(=O)CCC3CCNCC3)CC2)CC1.Cl.Cl. The predicted octanol–water partition coefficient (Wildman–Crippen LogP) is 2.45. The van der Waals surface area contributed by atoms with Crippen molar-refractivity contribution in [3.63, 3.8) is 0 Å². The molecule has 1 saturated carbocycles. The molecule has 2 aliphatic heterocycles. The average Bonchev–Trinajstić information content (AvgIpc) is 2.69. The Labute approximate surface area is 188 Å². The molecular formula is C21H40Cl2N4O2. The zero-order valence-corrected chi connectivity index (χ0v) is 19.5. The van der Waals surface area contributed by atoms with Crippen LogP contribution in [0.3, 0.4) is 0 Å². The molecule has 170 valence electrons. The second kappa shape index (κ2) is 13.7. The molecule has 3 fully saturated rings. The van der Waals surface area contributed by atoms with E-state index >= 15 is 0 Å². The van der Waals surface area contributed by atoms with Crippen molar-refractivity contribution in [3.05, 3.63) is 0 Å². The molecule has 3 aliphatic rings. The number of carbonyl (C=O) groups is 2. The maximum Gasteiger partial charge on any atom is 0.234 e. The molecule has 6 nitrogen and oxygen atoms in total. The largest absolute Gasteiger partial charge is 0.352 e. The molecular weight excluding hydrogens is 411 g/mol. The van der Waals surface area contributed by atoms with Gasteiger partial charge in [-0.25, -0.2) is 0 Å². The number of carbonyl (C=O) groups excluding carboxylic acids is 2. The van der Waals surface area contributed by atoms with Gasteiger partial charge in [-0.1, -0.05) is 6.92 Å². The molecule has 0 aromatic heterocycles. The fourth-order valence-electron chi connectivity index (χ4n) is 4.69. The van der Waals surface area contributed by atoms with E-state index in [1.54, 1.807) is 0 Å². The lowest BCUT2D eigenvalue weighted by atomic mass is 9.87. The van der Waals surface area contributed by atoms with Crippen molar-refractivity contribution in [1.29, 1.82) is 0 Å². The van der Waals surface area contributed by atoms with Crippen LogP contribution in [-0.4, -0.2) is 73.5 Å². The number of piperazine rings is 1. The van der Waals surface area contributed by atoms with Crippen LogP contribution in [0.1, 0.15) is 58.3 Å². The van der Waals surface area contributed by atoms with Crippen LogP contribution >= 0.6 is 24.8 Å². The van der Waals surface area contributed by atoms with E-state index in [0.29, 0.717) is 30.8 Å². The van der Waals surface area contributed by atoms with Gasteiger partial charge in [0.1, 0.15) is 0 Å². The van der Waals surface area contributed by atoms with Crippen molar-refractivity contribution in [2.24, 2.45) is 11.8 Å². The Hall–Kier alpha value is -0.560. The highest BCUT2D eigenvalue weighted by Crippen LogP contribution is 2.23. The van der Waals surface area contributed by atoms with Crippen LogP contribution < -0.4 is 10.6 Å². The Morgan fingerprint density at radius 3 is 2.17 bits per heavy atom. The maximum absolute atomic E-state index is 12.5. The summed E-state index contributed by atoms with van der Waals surface area (Å²) in [6.07, 6.45) is 8.81. The summed E-state index contributed by atoms with van der Waals surface area (Å²) in [7, 11) is 0. The zero-order chi connectivity index (χ0) is 19.1. The van der Waals surface area contributed by atoms with Crippen LogP contribution in [-0.2, 0) is 9.59 Å². The highest BCUT2D eigenvalue weighted by molar-refractivity contribution is 5.85. The predicted molar refractivity (Wildman–Crippen MR) is 122 cm³/mol. The van der Waals surface area contributed by atoms with E-state index in [0.717, 1.165) is 64.4 Å². The lowest BCUT2D eigenvalue weighted by Gasteiger charge is -2.35. The van der Waals surface area contributed by atoms with Crippen molar-refractivity contribution in [1.82, 2.24) is 20.4 Å². The number of hydrogen-bond donors (Lipinski definition) is 2.